The van der Waals surface area contributed by atoms with E-state index in [1.807, 2.05) is 32.0 Å². The average molecular weight is 708 g/mol. The van der Waals surface area contributed by atoms with Gasteiger partial charge in [0, 0.05) is 23.7 Å². The minimum Gasteiger partial charge on any atom is -0.475 e. The second kappa shape index (κ2) is 14.7. The van der Waals surface area contributed by atoms with Crippen LogP contribution in [-0.4, -0.2) is 58.4 Å². The van der Waals surface area contributed by atoms with Gasteiger partial charge in [-0.1, -0.05) is 65.8 Å². The van der Waals surface area contributed by atoms with Crippen LogP contribution in [0.3, 0.4) is 0 Å². The van der Waals surface area contributed by atoms with Crippen LogP contribution < -0.4 is 14.8 Å². The summed E-state index contributed by atoms with van der Waals surface area (Å²) in [6.07, 6.45) is 4.00. The molecule has 1 aliphatic heterocycles. The zero-order valence-electron chi connectivity index (χ0n) is 29.4. The number of rotatable bonds is 6. The number of aromatic nitrogens is 4. The number of nitrogens with one attached hydrogen (secondary N) is 2. The molecule has 2 N–H and O–H groups in total. The smallest absolute Gasteiger partial charge is 0.264 e. The number of benzene rings is 2. The Morgan fingerprint density at radius 3 is 2.22 bits per heavy atom. The molecule has 2 aromatic carbocycles. The number of nitrogens with zero attached hydrogens (tertiary/aromatic N) is 5. The van der Waals surface area contributed by atoms with E-state index in [0.717, 1.165) is 28.9 Å². The van der Waals surface area contributed by atoms with Gasteiger partial charge in [-0.05, 0) is 60.4 Å². The van der Waals surface area contributed by atoms with Gasteiger partial charge in [-0.2, -0.15) is 4.98 Å². The molecule has 3 heterocycles. The standard InChI is InChI=1S/C36H45N7O4S.ClH/c1-23-11-9-12-24(2)32(23)29-16-31-41-34(40-29)42-48(45,46)28-14-10-13-25(15-28)33(44)43(27(21-47-31)17-35(3,4)5)20-30-37-18-26(19-38-30)39-22-36(6,7)8;/h9-16,18-19,27,39H,17,20-22H2,1-8H3,(H,40,41,42);1H/t27-;/m1./s1. The number of amides is 1. The first-order chi connectivity index (χ1) is 22.5. The first-order valence-corrected chi connectivity index (χ1v) is 17.5. The highest BCUT2D eigenvalue weighted by Gasteiger charge is 2.32. The van der Waals surface area contributed by atoms with Crippen LogP contribution in [0.2, 0.25) is 0 Å². The van der Waals surface area contributed by atoms with Crippen molar-refractivity contribution in [2.45, 2.75) is 79.3 Å². The Morgan fingerprint density at radius 2 is 1.59 bits per heavy atom. The van der Waals surface area contributed by atoms with Gasteiger partial charge in [-0.25, -0.2) is 28.1 Å². The second-order valence-corrected chi connectivity index (χ2v) is 16.5. The number of hydrogen-bond donors (Lipinski definition) is 2. The number of ether oxygens (including phenoxy) is 1. The van der Waals surface area contributed by atoms with Crippen LogP contribution in [0.25, 0.3) is 11.3 Å². The molecule has 0 saturated heterocycles. The van der Waals surface area contributed by atoms with Crippen molar-refractivity contribution in [3.05, 3.63) is 83.4 Å². The van der Waals surface area contributed by atoms with Crippen LogP contribution in [0.5, 0.6) is 5.88 Å². The summed E-state index contributed by atoms with van der Waals surface area (Å²) in [5.74, 6) is 0.138. The van der Waals surface area contributed by atoms with Crippen molar-refractivity contribution in [1.29, 1.82) is 0 Å². The normalized spacial score (nSPS) is 16.2. The van der Waals surface area contributed by atoms with E-state index in [1.54, 1.807) is 35.5 Å². The number of sulfonamides is 1. The van der Waals surface area contributed by atoms with E-state index in [2.05, 4.69) is 71.5 Å². The van der Waals surface area contributed by atoms with Crippen LogP contribution in [0.15, 0.2) is 65.8 Å². The SMILES string of the molecule is Cc1cccc(C)c1-c1cc2nc(n1)NS(=O)(=O)c1cccc(c1)C(=O)N(Cc1ncc(NCC(C)(C)C)cn1)[C@H](CC(C)(C)C)CO2.Cl. The number of halogens is 1. The molecule has 1 amide bonds. The van der Waals surface area contributed by atoms with Gasteiger partial charge < -0.3 is 15.0 Å². The van der Waals surface area contributed by atoms with E-state index in [9.17, 15) is 13.2 Å². The van der Waals surface area contributed by atoms with Gasteiger partial charge in [-0.3, -0.25) is 4.79 Å². The minimum atomic E-state index is -4.17. The van der Waals surface area contributed by atoms with Crippen molar-refractivity contribution in [2.75, 3.05) is 23.2 Å². The van der Waals surface area contributed by atoms with E-state index in [4.69, 9.17) is 4.74 Å². The van der Waals surface area contributed by atoms with Crippen LogP contribution >= 0.6 is 12.4 Å². The molecule has 4 aromatic rings. The van der Waals surface area contributed by atoms with Gasteiger partial charge in [0.1, 0.15) is 12.4 Å². The molecule has 1 aliphatic rings. The summed E-state index contributed by atoms with van der Waals surface area (Å²) >= 11 is 0. The first kappa shape index (κ1) is 37.5. The number of anilines is 2. The van der Waals surface area contributed by atoms with Crippen molar-refractivity contribution in [2.24, 2.45) is 10.8 Å². The van der Waals surface area contributed by atoms with Gasteiger partial charge in [0.2, 0.25) is 11.8 Å². The van der Waals surface area contributed by atoms with E-state index < -0.39 is 16.1 Å². The van der Waals surface area contributed by atoms with E-state index in [0.29, 0.717) is 17.9 Å². The van der Waals surface area contributed by atoms with Gasteiger partial charge in [-0.15, -0.1) is 12.4 Å². The fourth-order valence-corrected chi connectivity index (χ4v) is 6.58. The lowest BCUT2D eigenvalue weighted by molar-refractivity contribution is 0.0505. The Morgan fingerprint density at radius 1 is 0.939 bits per heavy atom. The van der Waals surface area contributed by atoms with Crippen LogP contribution in [-0.2, 0) is 16.6 Å². The van der Waals surface area contributed by atoms with E-state index in [-0.39, 0.29) is 64.6 Å². The summed E-state index contributed by atoms with van der Waals surface area (Å²) in [5, 5.41) is 3.35. The minimum absolute atomic E-state index is 0. The summed E-state index contributed by atoms with van der Waals surface area (Å²) in [6.45, 7) is 17.6. The number of hydrogen-bond acceptors (Lipinski definition) is 9. The molecule has 0 unspecified atom stereocenters. The molecule has 0 aliphatic carbocycles. The molecule has 1 atom stereocenters. The van der Waals surface area contributed by atoms with Crippen molar-refractivity contribution in [3.63, 3.8) is 0 Å². The van der Waals surface area contributed by atoms with Crippen LogP contribution in [0.4, 0.5) is 11.6 Å². The fraction of sp³-hybridized carbons (Fsp3) is 0.417. The van der Waals surface area contributed by atoms with E-state index >= 15 is 0 Å². The van der Waals surface area contributed by atoms with Gasteiger partial charge in [0.05, 0.1) is 41.3 Å². The van der Waals surface area contributed by atoms with Gasteiger partial charge in [0.15, 0.2) is 0 Å². The van der Waals surface area contributed by atoms with Crippen molar-refractivity contribution in [3.8, 4) is 17.1 Å². The monoisotopic (exact) mass is 707 g/mol. The summed E-state index contributed by atoms with van der Waals surface area (Å²) in [4.78, 5) is 34.2. The summed E-state index contributed by atoms with van der Waals surface area (Å²) < 4.78 is 36.2. The van der Waals surface area contributed by atoms with Gasteiger partial charge >= 0.3 is 0 Å². The number of carbonyl (C=O) groups is 1. The quantitative estimate of drug-likeness (QED) is 0.215. The largest absolute Gasteiger partial charge is 0.475 e. The first-order valence-electron chi connectivity index (χ1n) is 16.0. The molecular formula is C36H46ClN7O4S. The Hall–Kier alpha value is -4.29. The highest BCUT2D eigenvalue weighted by Crippen LogP contribution is 2.31. The highest BCUT2D eigenvalue weighted by atomic mass is 35.5. The second-order valence-electron chi connectivity index (χ2n) is 14.8. The van der Waals surface area contributed by atoms with Crippen LogP contribution in [0.1, 0.15) is 75.3 Å². The molecule has 11 nitrogen and oxygen atoms in total. The molecule has 0 spiro atoms. The van der Waals surface area contributed by atoms with E-state index in [1.165, 1.54) is 12.1 Å². The molecule has 262 valence electrons. The molecule has 49 heavy (non-hydrogen) atoms. The highest BCUT2D eigenvalue weighted by molar-refractivity contribution is 7.92. The maximum absolute atomic E-state index is 14.4. The van der Waals surface area contributed by atoms with Crippen LogP contribution in [0, 0.1) is 24.7 Å². The molecule has 2 aromatic heterocycles. The molecular weight excluding hydrogens is 662 g/mol. The average Bonchev–Trinajstić information content (AvgIpc) is 3.00. The zero-order valence-corrected chi connectivity index (χ0v) is 31.0. The van der Waals surface area contributed by atoms with Gasteiger partial charge in [0.25, 0.3) is 15.9 Å². The Bertz CT molecular complexity index is 1890. The number of aryl methyl sites for hydroxylation is 2. The summed E-state index contributed by atoms with van der Waals surface area (Å²) in [7, 11) is -4.17. The molecule has 13 heteroatoms. The third-order valence-electron chi connectivity index (χ3n) is 7.87. The number of carbonyl (C=O) groups excluding carboxylic acids is 1. The Labute approximate surface area is 295 Å². The molecule has 0 saturated carbocycles. The maximum atomic E-state index is 14.4. The molecule has 4 bridgehead atoms. The van der Waals surface area contributed by atoms with Crippen molar-refractivity contribution >= 4 is 40.0 Å². The Kier molecular flexibility index (Phi) is 11.2. The predicted octanol–water partition coefficient (Wildman–Crippen LogP) is 7.07. The fourth-order valence-electron chi connectivity index (χ4n) is 5.59. The lowest BCUT2D eigenvalue weighted by Gasteiger charge is -2.35. The molecule has 0 radical (unpaired) electrons. The summed E-state index contributed by atoms with van der Waals surface area (Å²) in [6, 6.07) is 13.1. The Balaban J connectivity index is 0.00000541. The number of fused-ring (bicyclic) bond motifs is 4. The third kappa shape index (κ3) is 9.66. The maximum Gasteiger partial charge on any atom is 0.264 e. The van der Waals surface area contributed by atoms with Crippen molar-refractivity contribution < 1.29 is 17.9 Å². The lowest BCUT2D eigenvalue weighted by atomic mass is 9.87. The topological polar surface area (TPSA) is 139 Å². The zero-order chi connectivity index (χ0) is 34.9. The molecule has 5 rings (SSSR count). The lowest BCUT2D eigenvalue weighted by Crippen LogP contribution is -2.45. The summed E-state index contributed by atoms with van der Waals surface area (Å²) in [5.41, 5.74) is 4.19. The predicted molar refractivity (Wildman–Crippen MR) is 195 cm³/mol. The van der Waals surface area contributed by atoms with Crippen molar-refractivity contribution in [1.82, 2.24) is 24.8 Å². The molecule has 0 fully saturated rings. The third-order valence-corrected chi connectivity index (χ3v) is 9.20.